The van der Waals surface area contributed by atoms with E-state index in [1.807, 2.05) is 18.2 Å². The molecule has 0 aliphatic heterocycles. The van der Waals surface area contributed by atoms with Gasteiger partial charge in [0.2, 0.25) is 0 Å². The second kappa shape index (κ2) is 6.25. The van der Waals surface area contributed by atoms with E-state index >= 15 is 0 Å². The van der Waals surface area contributed by atoms with E-state index in [0.29, 0.717) is 17.7 Å². The van der Waals surface area contributed by atoms with E-state index in [2.05, 4.69) is 5.32 Å². The molecule has 1 N–H and O–H groups in total. The molecule has 0 fully saturated rings. The van der Waals surface area contributed by atoms with Crippen molar-refractivity contribution in [3.05, 3.63) is 71.5 Å². The first kappa shape index (κ1) is 13.4. The van der Waals surface area contributed by atoms with E-state index in [9.17, 15) is 9.18 Å². The van der Waals surface area contributed by atoms with Gasteiger partial charge in [-0.2, -0.15) is 0 Å². The summed E-state index contributed by atoms with van der Waals surface area (Å²) in [4.78, 5) is 12.1. The summed E-state index contributed by atoms with van der Waals surface area (Å²) in [6, 6.07) is 15.3. The van der Waals surface area contributed by atoms with Gasteiger partial charge in [0.25, 0.3) is 0 Å². The number of halogens is 1. The molecule has 0 aliphatic rings. The minimum Gasteiger partial charge on any atom is -0.303 e. The van der Waals surface area contributed by atoms with Crippen molar-refractivity contribution in [2.24, 2.45) is 0 Å². The van der Waals surface area contributed by atoms with Gasteiger partial charge in [0.05, 0.1) is 6.04 Å². The number of carbonyl (C=O) groups excluding carboxylic acids is 1. The smallest absolute Gasteiger partial charge is 0.179 e. The summed E-state index contributed by atoms with van der Waals surface area (Å²) in [6.07, 6.45) is 0. The second-order valence-electron chi connectivity index (χ2n) is 4.42. The average Bonchev–Trinajstić information content (AvgIpc) is 2.46. The van der Waals surface area contributed by atoms with Crippen LogP contribution in [-0.2, 0) is 6.54 Å². The molecule has 3 heteroatoms. The fourth-order valence-corrected chi connectivity index (χ4v) is 1.85. The van der Waals surface area contributed by atoms with E-state index in [0.717, 1.165) is 0 Å². The molecule has 1 atom stereocenters. The highest BCUT2D eigenvalue weighted by molar-refractivity contribution is 5.99. The van der Waals surface area contributed by atoms with Gasteiger partial charge in [-0.1, -0.05) is 48.5 Å². The monoisotopic (exact) mass is 257 g/mol. The van der Waals surface area contributed by atoms with Gasteiger partial charge in [0.1, 0.15) is 5.82 Å². The SMILES string of the molecule is CC(NCc1ccccc1F)C(=O)c1ccccc1. The summed E-state index contributed by atoms with van der Waals surface area (Å²) in [7, 11) is 0. The molecule has 0 aromatic heterocycles. The molecule has 0 saturated carbocycles. The Morgan fingerprint density at radius 3 is 2.42 bits per heavy atom. The van der Waals surface area contributed by atoms with Crippen LogP contribution in [-0.4, -0.2) is 11.8 Å². The summed E-state index contributed by atoms with van der Waals surface area (Å²) in [6.45, 7) is 2.13. The number of ketones is 1. The largest absolute Gasteiger partial charge is 0.303 e. The Morgan fingerprint density at radius 2 is 1.74 bits per heavy atom. The molecule has 1 unspecified atom stereocenters. The fraction of sp³-hybridized carbons (Fsp3) is 0.188. The first-order valence-electron chi connectivity index (χ1n) is 6.24. The van der Waals surface area contributed by atoms with Crippen LogP contribution in [0.25, 0.3) is 0 Å². The molecular weight excluding hydrogens is 241 g/mol. The number of nitrogens with one attached hydrogen (secondary N) is 1. The minimum atomic E-state index is -0.345. The zero-order valence-corrected chi connectivity index (χ0v) is 10.8. The lowest BCUT2D eigenvalue weighted by Crippen LogP contribution is -2.33. The van der Waals surface area contributed by atoms with Crippen molar-refractivity contribution in [2.45, 2.75) is 19.5 Å². The third kappa shape index (κ3) is 3.48. The molecule has 98 valence electrons. The summed E-state index contributed by atoms with van der Waals surface area (Å²) in [5, 5.41) is 3.05. The van der Waals surface area contributed by atoms with Crippen LogP contribution in [0.5, 0.6) is 0 Å². The van der Waals surface area contributed by atoms with Gasteiger partial charge >= 0.3 is 0 Å². The molecule has 2 rings (SSSR count). The Kier molecular flexibility index (Phi) is 4.42. The Bertz CT molecular complexity index is 554. The van der Waals surface area contributed by atoms with Crippen molar-refractivity contribution >= 4 is 5.78 Å². The normalized spacial score (nSPS) is 12.1. The molecule has 0 amide bonds. The van der Waals surface area contributed by atoms with Crippen LogP contribution in [0.1, 0.15) is 22.8 Å². The number of Topliss-reactive ketones (excluding diaryl/α,β-unsaturated/α-hetero) is 1. The van der Waals surface area contributed by atoms with Crippen LogP contribution in [0.15, 0.2) is 54.6 Å². The van der Waals surface area contributed by atoms with E-state index in [1.54, 1.807) is 37.3 Å². The lowest BCUT2D eigenvalue weighted by molar-refractivity contribution is 0.0950. The van der Waals surface area contributed by atoms with Gasteiger partial charge in [0, 0.05) is 17.7 Å². The number of benzene rings is 2. The predicted octanol–water partition coefficient (Wildman–Crippen LogP) is 3.19. The number of hydrogen-bond acceptors (Lipinski definition) is 2. The Labute approximate surface area is 112 Å². The van der Waals surface area contributed by atoms with Gasteiger partial charge in [-0.3, -0.25) is 4.79 Å². The fourth-order valence-electron chi connectivity index (χ4n) is 1.85. The van der Waals surface area contributed by atoms with Gasteiger partial charge in [-0.25, -0.2) is 4.39 Å². The zero-order chi connectivity index (χ0) is 13.7. The van der Waals surface area contributed by atoms with Gasteiger partial charge < -0.3 is 5.32 Å². The maximum absolute atomic E-state index is 13.4. The lowest BCUT2D eigenvalue weighted by Gasteiger charge is -2.13. The first-order valence-corrected chi connectivity index (χ1v) is 6.24. The third-order valence-corrected chi connectivity index (χ3v) is 3.01. The molecule has 19 heavy (non-hydrogen) atoms. The van der Waals surface area contributed by atoms with E-state index in [4.69, 9.17) is 0 Å². The van der Waals surface area contributed by atoms with Crippen molar-refractivity contribution in [3.8, 4) is 0 Å². The highest BCUT2D eigenvalue weighted by Gasteiger charge is 2.14. The molecule has 0 saturated heterocycles. The van der Waals surface area contributed by atoms with Crippen molar-refractivity contribution in [1.29, 1.82) is 0 Å². The van der Waals surface area contributed by atoms with Crippen LogP contribution in [0.4, 0.5) is 4.39 Å². The Balaban J connectivity index is 1.97. The molecular formula is C16H16FNO. The quantitative estimate of drug-likeness (QED) is 0.833. The second-order valence-corrected chi connectivity index (χ2v) is 4.42. The van der Waals surface area contributed by atoms with Crippen LogP contribution >= 0.6 is 0 Å². The minimum absolute atomic E-state index is 0.0111. The van der Waals surface area contributed by atoms with Crippen LogP contribution in [0, 0.1) is 5.82 Å². The van der Waals surface area contributed by atoms with Crippen molar-refractivity contribution in [1.82, 2.24) is 5.32 Å². The highest BCUT2D eigenvalue weighted by Crippen LogP contribution is 2.08. The molecule has 0 bridgehead atoms. The molecule has 0 heterocycles. The number of carbonyl (C=O) groups is 1. The Morgan fingerprint density at radius 1 is 1.11 bits per heavy atom. The van der Waals surface area contributed by atoms with E-state index in [1.165, 1.54) is 6.07 Å². The highest BCUT2D eigenvalue weighted by atomic mass is 19.1. The van der Waals surface area contributed by atoms with Gasteiger partial charge in [-0.05, 0) is 13.0 Å². The van der Waals surface area contributed by atoms with Crippen molar-refractivity contribution < 1.29 is 9.18 Å². The first-order chi connectivity index (χ1) is 9.18. The third-order valence-electron chi connectivity index (χ3n) is 3.01. The molecule has 2 aromatic carbocycles. The molecule has 0 aliphatic carbocycles. The Hall–Kier alpha value is -2.00. The summed E-state index contributed by atoms with van der Waals surface area (Å²) >= 11 is 0. The van der Waals surface area contributed by atoms with Crippen LogP contribution in [0.2, 0.25) is 0 Å². The summed E-state index contributed by atoms with van der Waals surface area (Å²) in [5.74, 6) is -0.244. The summed E-state index contributed by atoms with van der Waals surface area (Å²) < 4.78 is 13.4. The molecule has 0 radical (unpaired) electrons. The summed E-state index contributed by atoms with van der Waals surface area (Å²) in [5.41, 5.74) is 1.23. The topological polar surface area (TPSA) is 29.1 Å². The van der Waals surface area contributed by atoms with E-state index in [-0.39, 0.29) is 17.6 Å². The van der Waals surface area contributed by atoms with Crippen LogP contribution < -0.4 is 5.32 Å². The molecule has 2 nitrogen and oxygen atoms in total. The predicted molar refractivity (Wildman–Crippen MR) is 73.5 cm³/mol. The number of hydrogen-bond donors (Lipinski definition) is 1. The van der Waals surface area contributed by atoms with Crippen molar-refractivity contribution in [2.75, 3.05) is 0 Å². The maximum Gasteiger partial charge on any atom is 0.179 e. The average molecular weight is 257 g/mol. The van der Waals surface area contributed by atoms with Gasteiger partial charge in [-0.15, -0.1) is 0 Å². The van der Waals surface area contributed by atoms with Crippen LogP contribution in [0.3, 0.4) is 0 Å². The standard InChI is InChI=1S/C16H16FNO/c1-12(16(19)13-7-3-2-4-8-13)18-11-14-9-5-6-10-15(14)17/h2-10,12,18H,11H2,1H3. The lowest BCUT2D eigenvalue weighted by atomic mass is 10.1. The number of rotatable bonds is 5. The zero-order valence-electron chi connectivity index (χ0n) is 10.8. The van der Waals surface area contributed by atoms with Crippen molar-refractivity contribution in [3.63, 3.8) is 0 Å². The van der Waals surface area contributed by atoms with Gasteiger partial charge in [0.15, 0.2) is 5.78 Å². The molecule has 0 spiro atoms. The molecule has 2 aromatic rings. The van der Waals surface area contributed by atoms with E-state index < -0.39 is 0 Å². The maximum atomic E-state index is 13.4.